The average molecular weight is 256 g/mol. The van der Waals surface area contributed by atoms with Crippen molar-refractivity contribution >= 4 is 5.78 Å². The number of nitrogens with zero attached hydrogens (tertiary/aromatic N) is 2. The number of carbonyl (C=O) groups is 1. The molecule has 0 saturated carbocycles. The van der Waals surface area contributed by atoms with Crippen molar-refractivity contribution in [3.05, 3.63) is 59.4 Å². The molecule has 0 amide bonds. The van der Waals surface area contributed by atoms with E-state index >= 15 is 0 Å². The van der Waals surface area contributed by atoms with Crippen molar-refractivity contribution in [3.8, 4) is 0 Å². The van der Waals surface area contributed by atoms with Gasteiger partial charge in [-0.1, -0.05) is 6.07 Å². The molecular weight excluding hydrogens is 243 g/mol. The lowest BCUT2D eigenvalue weighted by Gasteiger charge is -2.22. The molecule has 1 unspecified atom stereocenters. The van der Waals surface area contributed by atoms with Gasteiger partial charge in [0.05, 0.1) is 11.6 Å². The molecule has 1 aliphatic carbocycles. The fourth-order valence-corrected chi connectivity index (χ4v) is 2.60. The van der Waals surface area contributed by atoms with Gasteiger partial charge in [-0.25, -0.2) is 4.39 Å². The predicted molar refractivity (Wildman–Crippen MR) is 68.4 cm³/mol. The van der Waals surface area contributed by atoms with E-state index in [9.17, 15) is 9.18 Å². The number of aromatic nitrogens is 2. The molecule has 4 heteroatoms. The first-order valence-corrected chi connectivity index (χ1v) is 6.36. The maximum Gasteiger partial charge on any atom is 0.193 e. The topological polar surface area (TPSA) is 42.9 Å². The summed E-state index contributed by atoms with van der Waals surface area (Å²) in [5.41, 5.74) is 1.79. The largest absolute Gasteiger partial charge is 0.292 e. The van der Waals surface area contributed by atoms with Crippen LogP contribution >= 0.6 is 0 Å². The highest BCUT2D eigenvalue weighted by Gasteiger charge is 2.30. The first-order valence-electron chi connectivity index (χ1n) is 6.36. The molecule has 0 bridgehead atoms. The van der Waals surface area contributed by atoms with Crippen LogP contribution in [0.25, 0.3) is 0 Å². The summed E-state index contributed by atoms with van der Waals surface area (Å²) in [6.45, 7) is 0. The van der Waals surface area contributed by atoms with E-state index in [4.69, 9.17) is 0 Å². The highest BCUT2D eigenvalue weighted by atomic mass is 19.1. The Morgan fingerprint density at radius 3 is 2.84 bits per heavy atom. The third kappa shape index (κ3) is 2.14. The maximum atomic E-state index is 13.7. The van der Waals surface area contributed by atoms with E-state index in [0.29, 0.717) is 6.42 Å². The Hall–Kier alpha value is -2.10. The maximum absolute atomic E-state index is 13.7. The van der Waals surface area contributed by atoms with Gasteiger partial charge in [0.25, 0.3) is 0 Å². The zero-order chi connectivity index (χ0) is 13.2. The summed E-state index contributed by atoms with van der Waals surface area (Å²) < 4.78 is 13.7. The number of carbonyl (C=O) groups excluding carboxylic acids is 1. The van der Waals surface area contributed by atoms with E-state index in [1.165, 1.54) is 18.3 Å². The van der Waals surface area contributed by atoms with Crippen LogP contribution in [0.5, 0.6) is 0 Å². The van der Waals surface area contributed by atoms with E-state index in [1.807, 2.05) is 12.1 Å². The predicted octanol–water partition coefficient (Wildman–Crippen LogP) is 2.92. The van der Waals surface area contributed by atoms with Crippen LogP contribution in [-0.4, -0.2) is 15.8 Å². The van der Waals surface area contributed by atoms with Crippen molar-refractivity contribution in [2.24, 2.45) is 0 Å². The molecule has 0 radical (unpaired) electrons. The lowest BCUT2D eigenvalue weighted by molar-refractivity contribution is 0.0939. The highest BCUT2D eigenvalue weighted by Crippen LogP contribution is 2.32. The monoisotopic (exact) mass is 256 g/mol. The summed E-state index contributed by atoms with van der Waals surface area (Å²) in [5.74, 6) is -1.19. The Bertz CT molecular complexity index is 627. The Morgan fingerprint density at radius 1 is 1.21 bits per heavy atom. The second kappa shape index (κ2) is 4.88. The molecule has 1 aliphatic rings. The number of pyridine rings is 2. The summed E-state index contributed by atoms with van der Waals surface area (Å²) in [6, 6.07) is 6.60. The third-order valence-electron chi connectivity index (χ3n) is 3.50. The molecule has 96 valence electrons. The lowest BCUT2D eigenvalue weighted by Crippen LogP contribution is -2.21. The molecular formula is C15H13FN2O. The van der Waals surface area contributed by atoms with Crippen LogP contribution in [0.4, 0.5) is 4.39 Å². The minimum atomic E-state index is -0.560. The number of Topliss-reactive ketones (excluding diaryl/α,β-unsaturated/α-hetero) is 1. The average Bonchev–Trinajstić information content (AvgIpc) is 2.46. The Kier molecular flexibility index (Phi) is 3.07. The van der Waals surface area contributed by atoms with Crippen LogP contribution in [0.1, 0.15) is 40.5 Å². The van der Waals surface area contributed by atoms with Crippen molar-refractivity contribution in [2.45, 2.75) is 25.2 Å². The number of fused-ring (bicyclic) bond motifs is 1. The molecule has 2 heterocycles. The fourth-order valence-electron chi connectivity index (χ4n) is 2.60. The van der Waals surface area contributed by atoms with Gasteiger partial charge < -0.3 is 0 Å². The van der Waals surface area contributed by atoms with Crippen LogP contribution in [-0.2, 0) is 6.42 Å². The Balaban J connectivity index is 2.00. The third-order valence-corrected chi connectivity index (χ3v) is 3.50. The SMILES string of the molecule is O=C(c1ncccc1F)C1CCCc2cccnc21. The summed E-state index contributed by atoms with van der Waals surface area (Å²) in [4.78, 5) is 20.6. The minimum Gasteiger partial charge on any atom is -0.292 e. The first-order chi connectivity index (χ1) is 9.27. The van der Waals surface area contributed by atoms with Gasteiger partial charge >= 0.3 is 0 Å². The zero-order valence-electron chi connectivity index (χ0n) is 10.3. The van der Waals surface area contributed by atoms with Gasteiger partial charge in [0.15, 0.2) is 11.6 Å². The number of aryl methyl sites for hydroxylation is 1. The molecule has 1 atom stereocenters. The van der Waals surface area contributed by atoms with Gasteiger partial charge in [0.1, 0.15) is 5.69 Å². The number of hydrogen-bond donors (Lipinski definition) is 0. The lowest BCUT2D eigenvalue weighted by atomic mass is 9.83. The smallest absolute Gasteiger partial charge is 0.193 e. The van der Waals surface area contributed by atoms with Crippen molar-refractivity contribution in [1.29, 1.82) is 0 Å². The molecule has 0 fully saturated rings. The second-order valence-electron chi connectivity index (χ2n) is 4.69. The molecule has 19 heavy (non-hydrogen) atoms. The molecule has 3 nitrogen and oxygen atoms in total. The van der Waals surface area contributed by atoms with Crippen molar-refractivity contribution in [1.82, 2.24) is 9.97 Å². The zero-order valence-corrected chi connectivity index (χ0v) is 10.3. The summed E-state index contributed by atoms with van der Waals surface area (Å²) in [6.07, 6.45) is 5.68. The summed E-state index contributed by atoms with van der Waals surface area (Å²) in [7, 11) is 0. The molecule has 0 saturated heterocycles. The molecule has 0 aromatic carbocycles. The van der Waals surface area contributed by atoms with Gasteiger partial charge in [-0.2, -0.15) is 0 Å². The summed E-state index contributed by atoms with van der Waals surface area (Å²) in [5, 5.41) is 0. The van der Waals surface area contributed by atoms with Gasteiger partial charge in [0.2, 0.25) is 0 Å². The van der Waals surface area contributed by atoms with Gasteiger partial charge in [-0.15, -0.1) is 0 Å². The standard InChI is InChI=1S/C15H13FN2O/c16-12-7-3-9-18-14(12)15(19)11-6-1-4-10-5-2-8-17-13(10)11/h2-3,5,7-9,11H,1,4,6H2. The Morgan fingerprint density at radius 2 is 2.00 bits per heavy atom. The number of rotatable bonds is 2. The fraction of sp³-hybridized carbons (Fsp3) is 0.267. The van der Waals surface area contributed by atoms with Crippen LogP contribution in [0.2, 0.25) is 0 Å². The quantitative estimate of drug-likeness (QED) is 0.776. The van der Waals surface area contributed by atoms with E-state index in [0.717, 1.165) is 24.1 Å². The van der Waals surface area contributed by atoms with Gasteiger partial charge in [-0.3, -0.25) is 14.8 Å². The number of hydrogen-bond acceptors (Lipinski definition) is 3. The number of halogens is 1. The van der Waals surface area contributed by atoms with Crippen LogP contribution in [0, 0.1) is 5.82 Å². The molecule has 0 spiro atoms. The molecule has 0 aliphatic heterocycles. The molecule has 2 aromatic rings. The summed E-state index contributed by atoms with van der Waals surface area (Å²) >= 11 is 0. The van der Waals surface area contributed by atoms with Gasteiger partial charge in [0, 0.05) is 12.4 Å². The van der Waals surface area contributed by atoms with Crippen LogP contribution in [0.3, 0.4) is 0 Å². The number of ketones is 1. The van der Waals surface area contributed by atoms with Gasteiger partial charge in [-0.05, 0) is 43.0 Å². The van der Waals surface area contributed by atoms with Crippen molar-refractivity contribution in [2.75, 3.05) is 0 Å². The first kappa shape index (κ1) is 12.0. The molecule has 2 aromatic heterocycles. The van der Waals surface area contributed by atoms with Crippen LogP contribution < -0.4 is 0 Å². The minimum absolute atomic E-state index is 0.0778. The van der Waals surface area contributed by atoms with E-state index in [-0.39, 0.29) is 17.4 Å². The highest BCUT2D eigenvalue weighted by molar-refractivity contribution is 5.99. The molecule has 3 rings (SSSR count). The van der Waals surface area contributed by atoms with Crippen molar-refractivity contribution < 1.29 is 9.18 Å². The van der Waals surface area contributed by atoms with Crippen LogP contribution in [0.15, 0.2) is 36.7 Å². The Labute approximate surface area is 110 Å². The second-order valence-corrected chi connectivity index (χ2v) is 4.69. The van der Waals surface area contributed by atoms with E-state index < -0.39 is 5.82 Å². The van der Waals surface area contributed by atoms with E-state index in [2.05, 4.69) is 9.97 Å². The normalized spacial score (nSPS) is 17.8. The van der Waals surface area contributed by atoms with Crippen molar-refractivity contribution in [3.63, 3.8) is 0 Å². The molecule has 0 N–H and O–H groups in total. The van der Waals surface area contributed by atoms with E-state index in [1.54, 1.807) is 6.20 Å².